The average Bonchev–Trinajstić information content (AvgIpc) is 3.61. The van der Waals surface area contributed by atoms with Gasteiger partial charge in [0.2, 0.25) is 10.6 Å². The highest BCUT2D eigenvalue weighted by atomic mass is 32.2. The van der Waals surface area contributed by atoms with Crippen molar-refractivity contribution in [2.75, 3.05) is 17.2 Å². The van der Waals surface area contributed by atoms with Gasteiger partial charge in [-0.25, -0.2) is 14.5 Å². The molecule has 0 aromatic carbocycles. The summed E-state index contributed by atoms with van der Waals surface area (Å²) in [5, 5.41) is 49.0. The van der Waals surface area contributed by atoms with Gasteiger partial charge in [-0.2, -0.15) is 4.73 Å². The summed E-state index contributed by atoms with van der Waals surface area (Å²) in [6.07, 6.45) is -0.254. The molecule has 0 saturated carbocycles. The van der Waals surface area contributed by atoms with E-state index in [4.69, 9.17) is 10.6 Å². The molecular weight excluding hydrogens is 653 g/mol. The number of β-lactam (4-membered cyclic amide) rings is 1. The number of tetrazole rings is 1. The SMILES string of the molecule is CC(C)[C@H](O/N=C(\C(=O)N[C@@H]1C(=O)N2C(C(=O)O)=C(CSc3nnnn3C)CS[C@H]12)c1csc(N)n1)c1cc(=O)c(O)cn1O. The van der Waals surface area contributed by atoms with E-state index in [1.54, 1.807) is 20.9 Å². The molecule has 5 heterocycles. The van der Waals surface area contributed by atoms with Crippen LogP contribution in [0, 0.1) is 5.92 Å². The number of nitrogens with two attached hydrogens (primary N) is 1. The molecule has 6 N–H and O–H groups in total. The average molecular weight is 679 g/mol. The number of pyridine rings is 1. The lowest BCUT2D eigenvalue weighted by atomic mass is 10.0. The number of amides is 2. The van der Waals surface area contributed by atoms with E-state index in [1.807, 2.05) is 0 Å². The van der Waals surface area contributed by atoms with Crippen LogP contribution in [0.4, 0.5) is 5.13 Å². The number of hydrogen-bond acceptors (Lipinski definition) is 16. The molecule has 3 atom stereocenters. The van der Waals surface area contributed by atoms with E-state index in [1.165, 1.54) is 33.6 Å². The van der Waals surface area contributed by atoms with Crippen molar-refractivity contribution in [1.82, 2.24) is 40.1 Å². The van der Waals surface area contributed by atoms with E-state index in [-0.39, 0.29) is 45.4 Å². The summed E-state index contributed by atoms with van der Waals surface area (Å²) in [6, 6.07) is -0.113. The van der Waals surface area contributed by atoms with Gasteiger partial charge in [-0.1, -0.05) is 30.8 Å². The van der Waals surface area contributed by atoms with Crippen LogP contribution in [0.15, 0.2) is 44.0 Å². The molecule has 2 aliphatic heterocycles. The smallest absolute Gasteiger partial charge is 0.352 e. The quantitative estimate of drug-likeness (QED) is 0.0588. The maximum Gasteiger partial charge on any atom is 0.352 e. The maximum absolute atomic E-state index is 13.5. The number of hydrogen-bond donors (Lipinski definition) is 5. The van der Waals surface area contributed by atoms with Crippen molar-refractivity contribution in [3.05, 3.63) is 50.5 Å². The Bertz CT molecular complexity index is 1780. The number of nitrogen functional groups attached to an aromatic ring is 1. The van der Waals surface area contributed by atoms with Gasteiger partial charge < -0.3 is 31.3 Å². The standard InChI is InChI=1S/C24H26N10O8S3/c1-9(2)18(12-4-13(35)14(36)5-33(12)41)42-29-15(11-8-44-23(25)26-11)19(37)27-16-20(38)34-17(22(39)40)10(6-43-21(16)34)7-45-24-28-30-31-32(24)3/h4-5,8-9,16,18,21,36,41H,6-7H2,1-3H3,(H2,25,26)(H,27,37)(H,39,40)/b29-15-/t16-,18+,21-/m1/s1. The monoisotopic (exact) mass is 678 g/mol. The Morgan fingerprint density at radius 3 is 2.71 bits per heavy atom. The Morgan fingerprint density at radius 2 is 2.09 bits per heavy atom. The maximum atomic E-state index is 13.5. The Labute approximate surface area is 265 Å². The largest absolute Gasteiger partial charge is 0.503 e. The summed E-state index contributed by atoms with van der Waals surface area (Å²) in [7, 11) is 1.65. The van der Waals surface area contributed by atoms with Gasteiger partial charge in [-0.05, 0) is 21.9 Å². The molecule has 0 bridgehead atoms. The van der Waals surface area contributed by atoms with Crippen molar-refractivity contribution in [2.24, 2.45) is 18.1 Å². The van der Waals surface area contributed by atoms with Crippen LogP contribution in [-0.4, -0.2) is 96.7 Å². The number of aromatic nitrogens is 6. The predicted octanol–water partition coefficient (Wildman–Crippen LogP) is 0.00230. The molecule has 1 fully saturated rings. The van der Waals surface area contributed by atoms with E-state index in [0.717, 1.165) is 28.5 Å². The van der Waals surface area contributed by atoms with Crippen LogP contribution in [-0.2, 0) is 26.3 Å². The van der Waals surface area contributed by atoms with Gasteiger partial charge >= 0.3 is 5.97 Å². The minimum Gasteiger partial charge on any atom is -0.503 e. The number of thiazole rings is 1. The van der Waals surface area contributed by atoms with E-state index in [2.05, 4.69) is 31.0 Å². The van der Waals surface area contributed by atoms with Crippen LogP contribution in [0.3, 0.4) is 0 Å². The van der Waals surface area contributed by atoms with Crippen molar-refractivity contribution in [1.29, 1.82) is 0 Å². The highest BCUT2D eigenvalue weighted by Gasteiger charge is 2.54. The zero-order chi connectivity index (χ0) is 32.6. The molecular formula is C24H26N10O8S3. The molecule has 21 heteroatoms. The zero-order valence-corrected chi connectivity index (χ0v) is 26.2. The summed E-state index contributed by atoms with van der Waals surface area (Å²) in [5.41, 5.74) is 4.99. The summed E-state index contributed by atoms with van der Waals surface area (Å²) in [6.45, 7) is 3.43. The molecule has 1 saturated heterocycles. The molecule has 3 aromatic rings. The molecule has 2 aliphatic rings. The highest BCUT2D eigenvalue weighted by Crippen LogP contribution is 2.41. The fourth-order valence-corrected chi connectivity index (χ4v) is 7.35. The first-order valence-electron chi connectivity index (χ1n) is 13.0. The van der Waals surface area contributed by atoms with E-state index in [9.17, 15) is 34.6 Å². The number of carbonyl (C=O) groups excluding carboxylic acids is 2. The van der Waals surface area contributed by atoms with Crippen LogP contribution in [0.2, 0.25) is 0 Å². The van der Waals surface area contributed by atoms with E-state index >= 15 is 0 Å². The number of rotatable bonds is 11. The van der Waals surface area contributed by atoms with Crippen molar-refractivity contribution in [3.63, 3.8) is 0 Å². The Balaban J connectivity index is 1.37. The number of fused-ring (bicyclic) bond motifs is 1. The van der Waals surface area contributed by atoms with Crippen molar-refractivity contribution < 1.29 is 34.6 Å². The number of carboxylic acid groups (broad SMARTS) is 1. The van der Waals surface area contributed by atoms with Crippen LogP contribution in [0.1, 0.15) is 31.3 Å². The van der Waals surface area contributed by atoms with Crippen LogP contribution in [0.25, 0.3) is 0 Å². The lowest BCUT2D eigenvalue weighted by Gasteiger charge is -2.49. The second kappa shape index (κ2) is 12.8. The number of oxime groups is 1. The number of anilines is 1. The fourth-order valence-electron chi connectivity index (χ4n) is 4.47. The summed E-state index contributed by atoms with van der Waals surface area (Å²) in [4.78, 5) is 62.0. The van der Waals surface area contributed by atoms with Crippen LogP contribution < -0.4 is 16.5 Å². The van der Waals surface area contributed by atoms with Crippen LogP contribution in [0.5, 0.6) is 5.75 Å². The predicted molar refractivity (Wildman–Crippen MR) is 160 cm³/mol. The summed E-state index contributed by atoms with van der Waals surface area (Å²) in [5.74, 6) is -3.33. The minimum absolute atomic E-state index is 0.0354. The van der Waals surface area contributed by atoms with Crippen molar-refractivity contribution in [2.45, 2.75) is 36.5 Å². The molecule has 45 heavy (non-hydrogen) atoms. The van der Waals surface area contributed by atoms with Crippen LogP contribution >= 0.6 is 34.9 Å². The van der Waals surface area contributed by atoms with Crippen molar-refractivity contribution >= 4 is 63.5 Å². The number of carbonyl (C=O) groups is 3. The third kappa shape index (κ3) is 6.31. The van der Waals surface area contributed by atoms with Gasteiger partial charge in [0.25, 0.3) is 11.8 Å². The van der Waals surface area contributed by atoms with Gasteiger partial charge in [-0.3, -0.25) is 19.3 Å². The van der Waals surface area contributed by atoms with Gasteiger partial charge in [0.1, 0.15) is 28.5 Å². The van der Waals surface area contributed by atoms with Gasteiger partial charge in [0.15, 0.2) is 22.7 Å². The van der Waals surface area contributed by atoms with E-state index in [0.29, 0.717) is 15.5 Å². The Kier molecular flexibility index (Phi) is 9.02. The lowest BCUT2D eigenvalue weighted by molar-refractivity contribution is -0.150. The van der Waals surface area contributed by atoms with Gasteiger partial charge in [0, 0.05) is 30.0 Å². The topological polar surface area (TPSA) is 253 Å². The second-order valence-electron chi connectivity index (χ2n) is 10.1. The molecule has 0 aliphatic carbocycles. The number of nitrogens with zero attached hydrogens (tertiary/aromatic N) is 8. The molecule has 2 amide bonds. The van der Waals surface area contributed by atoms with Crippen molar-refractivity contribution in [3.8, 4) is 5.75 Å². The molecule has 0 radical (unpaired) electrons. The first-order chi connectivity index (χ1) is 21.4. The summed E-state index contributed by atoms with van der Waals surface area (Å²) >= 11 is 3.54. The van der Waals surface area contributed by atoms with Gasteiger partial charge in [0.05, 0.1) is 6.20 Å². The first-order valence-corrected chi connectivity index (χ1v) is 15.9. The third-order valence-electron chi connectivity index (χ3n) is 6.67. The zero-order valence-electron chi connectivity index (χ0n) is 23.7. The highest BCUT2D eigenvalue weighted by molar-refractivity contribution is 8.01. The number of nitrogens with one attached hydrogen (secondary N) is 1. The molecule has 18 nitrogen and oxygen atoms in total. The Morgan fingerprint density at radius 1 is 1.33 bits per heavy atom. The Hall–Kier alpha value is -4.63. The number of aromatic hydroxyl groups is 1. The first kappa shape index (κ1) is 31.8. The number of aryl methyl sites for hydroxylation is 1. The molecule has 0 unspecified atom stereocenters. The number of thioether (sulfide) groups is 2. The molecule has 3 aromatic heterocycles. The summed E-state index contributed by atoms with van der Waals surface area (Å²) < 4.78 is 1.96. The lowest BCUT2D eigenvalue weighted by Crippen LogP contribution is -2.71. The minimum atomic E-state index is -1.28. The normalized spacial score (nSPS) is 18.9. The number of aliphatic carboxylic acids is 1. The third-order valence-corrected chi connectivity index (χ3v) is 9.78. The fraction of sp³-hybridized carbons (Fsp3) is 0.375. The second-order valence-corrected chi connectivity index (χ2v) is 13.0. The molecule has 238 valence electrons. The molecule has 0 spiro atoms. The van der Waals surface area contributed by atoms with E-state index < -0.39 is 46.5 Å². The number of carboxylic acids is 1. The molecule has 5 rings (SSSR count). The van der Waals surface area contributed by atoms with Gasteiger partial charge in [-0.15, -0.1) is 28.2 Å².